The van der Waals surface area contributed by atoms with Gasteiger partial charge in [0.2, 0.25) is 5.78 Å². The molecule has 1 aromatic rings. The lowest BCUT2D eigenvalue weighted by molar-refractivity contribution is -0.113. The summed E-state index contributed by atoms with van der Waals surface area (Å²) in [7, 11) is 0. The number of anilines is 1. The summed E-state index contributed by atoms with van der Waals surface area (Å²) >= 11 is 0. The second kappa shape index (κ2) is 3.93. The molecule has 0 bridgehead atoms. The minimum atomic E-state index is -0.220. The van der Waals surface area contributed by atoms with Crippen LogP contribution >= 0.6 is 0 Å². The lowest BCUT2D eigenvalue weighted by Gasteiger charge is -2.04. The maximum Gasteiger partial charge on any atom is 0.258 e. The summed E-state index contributed by atoms with van der Waals surface area (Å²) in [6.45, 7) is 0. The number of benzene rings is 1. The molecule has 1 aromatic carbocycles. The smallest absolute Gasteiger partial charge is 0.258 e. The van der Waals surface area contributed by atoms with Gasteiger partial charge in [-0.25, -0.2) is 0 Å². The first-order valence-corrected chi connectivity index (χ1v) is 6.63. The summed E-state index contributed by atoms with van der Waals surface area (Å²) in [6, 6.07) is 7.42. The van der Waals surface area contributed by atoms with E-state index in [-0.39, 0.29) is 11.7 Å². The molecule has 4 nitrogen and oxygen atoms in total. The third-order valence-electron chi connectivity index (χ3n) is 3.81. The molecular formula is C16H12N2O2. The number of para-hydroxylation sites is 1. The summed E-state index contributed by atoms with van der Waals surface area (Å²) in [5.41, 5.74) is 3.91. The molecule has 1 amide bonds. The van der Waals surface area contributed by atoms with Crippen molar-refractivity contribution >= 4 is 23.0 Å². The maximum absolute atomic E-state index is 12.5. The van der Waals surface area contributed by atoms with E-state index in [0.29, 0.717) is 16.8 Å². The fraction of sp³-hybridized carbons (Fsp3) is 0.125. The van der Waals surface area contributed by atoms with E-state index in [0.717, 1.165) is 29.8 Å². The van der Waals surface area contributed by atoms with Gasteiger partial charge in [0.15, 0.2) is 0 Å². The van der Waals surface area contributed by atoms with Crippen molar-refractivity contribution < 1.29 is 9.59 Å². The fourth-order valence-corrected chi connectivity index (χ4v) is 2.88. The van der Waals surface area contributed by atoms with E-state index < -0.39 is 0 Å². The lowest BCUT2D eigenvalue weighted by atomic mass is 9.99. The van der Waals surface area contributed by atoms with Crippen LogP contribution in [0.15, 0.2) is 53.4 Å². The number of fused-ring (bicyclic) bond motifs is 2. The van der Waals surface area contributed by atoms with Crippen molar-refractivity contribution in [1.29, 1.82) is 0 Å². The second-order valence-electron chi connectivity index (χ2n) is 5.02. The zero-order chi connectivity index (χ0) is 13.7. The fourth-order valence-electron chi connectivity index (χ4n) is 2.88. The van der Waals surface area contributed by atoms with Crippen molar-refractivity contribution in [2.45, 2.75) is 12.8 Å². The standard InChI is InChI=1S/C16H12N2O2/c19-15-10-6-2-4-8-12(10)17-14(15)13-9-5-1-3-7-11(9)18-16(13)20/h1,3,5-8,17H,2,4H2,(H,18,20)/b14-13-. The number of nitrogens with one attached hydrogen (secondary N) is 2. The third kappa shape index (κ3) is 1.42. The first kappa shape index (κ1) is 11.2. The van der Waals surface area contributed by atoms with E-state index in [1.54, 1.807) is 0 Å². The molecule has 0 saturated carbocycles. The average molecular weight is 264 g/mol. The highest BCUT2D eigenvalue weighted by Gasteiger charge is 2.36. The predicted molar refractivity (Wildman–Crippen MR) is 75.5 cm³/mol. The van der Waals surface area contributed by atoms with Gasteiger partial charge in [0, 0.05) is 22.5 Å². The van der Waals surface area contributed by atoms with Crippen LogP contribution in [0.4, 0.5) is 5.69 Å². The Balaban J connectivity index is 1.92. The highest BCUT2D eigenvalue weighted by molar-refractivity contribution is 6.37. The molecule has 2 N–H and O–H groups in total. The highest BCUT2D eigenvalue weighted by atomic mass is 16.2. The van der Waals surface area contributed by atoms with Crippen molar-refractivity contribution in [3.8, 4) is 0 Å². The van der Waals surface area contributed by atoms with Crippen molar-refractivity contribution in [3.05, 3.63) is 58.9 Å². The number of Topliss-reactive ketones (excluding diaryl/α,β-unsaturated/α-hetero) is 1. The van der Waals surface area contributed by atoms with Gasteiger partial charge in [-0.05, 0) is 18.9 Å². The molecule has 2 heterocycles. The summed E-state index contributed by atoms with van der Waals surface area (Å²) in [6.07, 6.45) is 5.75. The molecule has 4 rings (SSSR count). The van der Waals surface area contributed by atoms with Crippen LogP contribution in [0.5, 0.6) is 0 Å². The van der Waals surface area contributed by atoms with E-state index >= 15 is 0 Å². The van der Waals surface area contributed by atoms with Crippen LogP contribution in [0.2, 0.25) is 0 Å². The quantitative estimate of drug-likeness (QED) is 0.706. The first-order chi connectivity index (χ1) is 9.75. The number of hydrogen-bond donors (Lipinski definition) is 2. The molecule has 2 aliphatic heterocycles. The van der Waals surface area contributed by atoms with E-state index in [4.69, 9.17) is 0 Å². The zero-order valence-electron chi connectivity index (χ0n) is 10.7. The number of ketones is 1. The summed E-state index contributed by atoms with van der Waals surface area (Å²) < 4.78 is 0. The number of amides is 1. The van der Waals surface area contributed by atoms with Crippen LogP contribution in [0.3, 0.4) is 0 Å². The van der Waals surface area contributed by atoms with E-state index in [2.05, 4.69) is 10.6 Å². The predicted octanol–water partition coefficient (Wildman–Crippen LogP) is 2.13. The van der Waals surface area contributed by atoms with Crippen molar-refractivity contribution in [2.75, 3.05) is 5.32 Å². The Labute approximate surface area is 115 Å². The monoisotopic (exact) mass is 264 g/mol. The van der Waals surface area contributed by atoms with Gasteiger partial charge in [0.1, 0.15) is 5.70 Å². The SMILES string of the molecule is O=C1C2=CCCC=C2N/C1=C1\C(=O)Nc2ccccc21. The number of carbonyl (C=O) groups is 2. The molecule has 1 aliphatic carbocycles. The van der Waals surface area contributed by atoms with Crippen molar-refractivity contribution in [2.24, 2.45) is 0 Å². The second-order valence-corrected chi connectivity index (χ2v) is 5.02. The number of hydrogen-bond acceptors (Lipinski definition) is 3. The van der Waals surface area contributed by atoms with Gasteiger partial charge in [-0.2, -0.15) is 0 Å². The maximum atomic E-state index is 12.5. The van der Waals surface area contributed by atoms with Gasteiger partial charge in [-0.15, -0.1) is 0 Å². The van der Waals surface area contributed by atoms with Crippen molar-refractivity contribution in [1.82, 2.24) is 5.32 Å². The molecule has 1 fully saturated rings. The van der Waals surface area contributed by atoms with Crippen LogP contribution in [-0.2, 0) is 9.59 Å². The summed E-state index contributed by atoms with van der Waals surface area (Å²) in [5, 5.41) is 5.92. The topological polar surface area (TPSA) is 58.2 Å². The minimum Gasteiger partial charge on any atom is -0.351 e. The van der Waals surface area contributed by atoms with Crippen LogP contribution in [-0.4, -0.2) is 11.7 Å². The molecule has 3 aliphatic rings. The van der Waals surface area contributed by atoms with Crippen molar-refractivity contribution in [3.63, 3.8) is 0 Å². The number of rotatable bonds is 0. The molecular weight excluding hydrogens is 252 g/mol. The molecule has 1 saturated heterocycles. The molecule has 4 heteroatoms. The van der Waals surface area contributed by atoms with Gasteiger partial charge in [-0.3, -0.25) is 9.59 Å². The molecule has 0 spiro atoms. The van der Waals surface area contributed by atoms with Crippen LogP contribution in [0.25, 0.3) is 5.57 Å². The Hall–Kier alpha value is -2.62. The van der Waals surface area contributed by atoms with Crippen LogP contribution in [0, 0.1) is 0 Å². The van der Waals surface area contributed by atoms with Crippen LogP contribution < -0.4 is 10.6 Å². The number of allylic oxidation sites excluding steroid dienone is 4. The van der Waals surface area contributed by atoms with Gasteiger partial charge in [-0.1, -0.05) is 30.4 Å². The van der Waals surface area contributed by atoms with E-state index in [1.165, 1.54) is 0 Å². The molecule has 0 radical (unpaired) electrons. The Morgan fingerprint density at radius 1 is 0.950 bits per heavy atom. The molecule has 98 valence electrons. The van der Waals surface area contributed by atoms with Gasteiger partial charge < -0.3 is 10.6 Å². The summed E-state index contributed by atoms with van der Waals surface area (Å²) in [5.74, 6) is -0.306. The first-order valence-electron chi connectivity index (χ1n) is 6.63. The Kier molecular flexibility index (Phi) is 2.21. The van der Waals surface area contributed by atoms with Gasteiger partial charge in [0.05, 0.1) is 5.57 Å². The molecule has 20 heavy (non-hydrogen) atoms. The van der Waals surface area contributed by atoms with Gasteiger partial charge in [0.25, 0.3) is 5.91 Å². The Morgan fingerprint density at radius 3 is 2.60 bits per heavy atom. The van der Waals surface area contributed by atoms with E-state index in [9.17, 15) is 9.59 Å². The number of carbonyl (C=O) groups excluding carboxylic acids is 2. The van der Waals surface area contributed by atoms with E-state index in [1.807, 2.05) is 36.4 Å². The zero-order valence-corrected chi connectivity index (χ0v) is 10.7. The molecule has 0 atom stereocenters. The Bertz CT molecular complexity index is 753. The summed E-state index contributed by atoms with van der Waals surface area (Å²) in [4.78, 5) is 24.6. The average Bonchev–Trinajstić information content (AvgIpc) is 2.96. The minimum absolute atomic E-state index is 0.0854. The normalized spacial score (nSPS) is 23.6. The Morgan fingerprint density at radius 2 is 1.75 bits per heavy atom. The van der Waals surface area contributed by atoms with Gasteiger partial charge >= 0.3 is 0 Å². The lowest BCUT2D eigenvalue weighted by Crippen LogP contribution is -2.14. The molecule has 0 aromatic heterocycles. The molecule has 0 unspecified atom stereocenters. The third-order valence-corrected chi connectivity index (χ3v) is 3.81. The highest BCUT2D eigenvalue weighted by Crippen LogP contribution is 2.37. The van der Waals surface area contributed by atoms with Crippen LogP contribution in [0.1, 0.15) is 18.4 Å². The largest absolute Gasteiger partial charge is 0.351 e.